The summed E-state index contributed by atoms with van der Waals surface area (Å²) in [6.45, 7) is 0. The minimum Gasteiger partial charge on any atom is -0.306 e. The molecule has 0 unspecified atom stereocenters. The van der Waals surface area contributed by atoms with E-state index < -0.39 is 0 Å². The number of pyridine rings is 1. The first-order valence-corrected chi connectivity index (χ1v) is 4.41. The molecular formula is C9H9N3O. The van der Waals surface area contributed by atoms with Crippen LogP contribution >= 0.6 is 0 Å². The van der Waals surface area contributed by atoms with Gasteiger partial charge < -0.3 is 9.97 Å². The van der Waals surface area contributed by atoms with Crippen LogP contribution in [0.3, 0.4) is 0 Å². The Labute approximate surface area is 74.0 Å². The Balaban J connectivity index is 2.37. The molecule has 2 aromatic heterocycles. The fraction of sp³-hybridized carbons (Fsp3) is 0.333. The fourth-order valence-electron chi connectivity index (χ4n) is 1.65. The predicted octanol–water partition coefficient (Wildman–Crippen LogP) is 1.13. The van der Waals surface area contributed by atoms with Gasteiger partial charge in [-0.25, -0.2) is 4.79 Å². The molecule has 0 amide bonds. The van der Waals surface area contributed by atoms with Crippen LogP contribution in [0.2, 0.25) is 0 Å². The SMILES string of the molecule is O=c1[nH]c2ccnc(C3CC3)c2[nH]1. The van der Waals surface area contributed by atoms with Gasteiger partial charge in [-0.1, -0.05) is 0 Å². The zero-order chi connectivity index (χ0) is 8.84. The smallest absolute Gasteiger partial charge is 0.306 e. The van der Waals surface area contributed by atoms with Gasteiger partial charge in [0.15, 0.2) is 0 Å². The molecule has 13 heavy (non-hydrogen) atoms. The maximum atomic E-state index is 11.0. The van der Waals surface area contributed by atoms with Gasteiger partial charge in [0.2, 0.25) is 0 Å². The van der Waals surface area contributed by atoms with Crippen molar-refractivity contribution >= 4 is 11.0 Å². The maximum absolute atomic E-state index is 11.0. The van der Waals surface area contributed by atoms with E-state index in [-0.39, 0.29) is 5.69 Å². The summed E-state index contributed by atoms with van der Waals surface area (Å²) in [5.74, 6) is 0.565. The van der Waals surface area contributed by atoms with Gasteiger partial charge in [0.25, 0.3) is 0 Å². The van der Waals surface area contributed by atoms with Crippen LogP contribution in [0.1, 0.15) is 24.5 Å². The average Bonchev–Trinajstić information content (AvgIpc) is 2.86. The second-order valence-corrected chi connectivity index (χ2v) is 3.47. The lowest BCUT2D eigenvalue weighted by atomic mass is 10.2. The highest BCUT2D eigenvalue weighted by atomic mass is 16.1. The van der Waals surface area contributed by atoms with E-state index in [2.05, 4.69) is 15.0 Å². The summed E-state index contributed by atoms with van der Waals surface area (Å²) in [4.78, 5) is 20.8. The summed E-state index contributed by atoms with van der Waals surface area (Å²) in [7, 11) is 0. The third-order valence-corrected chi connectivity index (χ3v) is 2.43. The highest BCUT2D eigenvalue weighted by Crippen LogP contribution is 2.40. The van der Waals surface area contributed by atoms with Crippen molar-refractivity contribution in [1.29, 1.82) is 0 Å². The van der Waals surface area contributed by atoms with Crippen molar-refractivity contribution in [3.63, 3.8) is 0 Å². The molecule has 1 saturated carbocycles. The van der Waals surface area contributed by atoms with E-state index >= 15 is 0 Å². The van der Waals surface area contributed by atoms with Gasteiger partial charge in [0.05, 0.1) is 16.7 Å². The number of nitrogens with one attached hydrogen (secondary N) is 2. The molecule has 0 spiro atoms. The zero-order valence-electron chi connectivity index (χ0n) is 7.00. The largest absolute Gasteiger partial charge is 0.323 e. The Bertz CT molecular complexity index is 507. The van der Waals surface area contributed by atoms with Crippen molar-refractivity contribution in [3.05, 3.63) is 28.4 Å². The van der Waals surface area contributed by atoms with Gasteiger partial charge in [-0.3, -0.25) is 4.98 Å². The van der Waals surface area contributed by atoms with Crippen LogP contribution in [0.4, 0.5) is 0 Å². The molecule has 0 radical (unpaired) electrons. The fourth-order valence-corrected chi connectivity index (χ4v) is 1.65. The number of hydrogen-bond donors (Lipinski definition) is 2. The van der Waals surface area contributed by atoms with Crippen molar-refractivity contribution in [2.45, 2.75) is 18.8 Å². The molecule has 0 bridgehead atoms. The predicted molar refractivity (Wildman–Crippen MR) is 48.7 cm³/mol. The Morgan fingerprint density at radius 2 is 2.23 bits per heavy atom. The lowest BCUT2D eigenvalue weighted by molar-refractivity contribution is 1.04. The molecule has 0 saturated heterocycles. The van der Waals surface area contributed by atoms with E-state index in [0.29, 0.717) is 5.92 Å². The molecule has 1 aliphatic rings. The van der Waals surface area contributed by atoms with Gasteiger partial charge >= 0.3 is 5.69 Å². The van der Waals surface area contributed by atoms with E-state index in [1.807, 2.05) is 6.07 Å². The number of imidazole rings is 1. The van der Waals surface area contributed by atoms with Crippen molar-refractivity contribution in [3.8, 4) is 0 Å². The molecule has 2 N–H and O–H groups in total. The molecular weight excluding hydrogens is 166 g/mol. The first kappa shape index (κ1) is 6.88. The molecule has 0 aliphatic heterocycles. The van der Waals surface area contributed by atoms with Gasteiger partial charge in [0.1, 0.15) is 0 Å². The first-order valence-electron chi connectivity index (χ1n) is 4.41. The number of hydrogen-bond acceptors (Lipinski definition) is 2. The monoisotopic (exact) mass is 175 g/mol. The third kappa shape index (κ3) is 0.983. The molecule has 2 aromatic rings. The molecule has 2 heterocycles. The molecule has 1 aliphatic carbocycles. The lowest BCUT2D eigenvalue weighted by Gasteiger charge is -1.96. The first-order chi connectivity index (χ1) is 6.34. The standard InChI is InChI=1S/C9H9N3O/c13-9-11-6-3-4-10-7(5-1-2-5)8(6)12-9/h3-5H,1-2H2,(H2,11,12,13). The second kappa shape index (κ2) is 2.22. The van der Waals surface area contributed by atoms with Crippen LogP contribution in [0, 0.1) is 0 Å². The number of H-pyrrole nitrogens is 2. The molecule has 1 fully saturated rings. The Morgan fingerprint density at radius 1 is 1.38 bits per heavy atom. The molecule has 0 atom stereocenters. The van der Waals surface area contributed by atoms with Crippen molar-refractivity contribution in [2.75, 3.05) is 0 Å². The summed E-state index contributed by atoms with van der Waals surface area (Å²) in [6.07, 6.45) is 4.14. The highest BCUT2D eigenvalue weighted by molar-refractivity contribution is 5.77. The number of nitrogens with zero attached hydrogens (tertiary/aromatic N) is 1. The average molecular weight is 175 g/mol. The topological polar surface area (TPSA) is 61.5 Å². The summed E-state index contributed by atoms with van der Waals surface area (Å²) >= 11 is 0. The van der Waals surface area contributed by atoms with Crippen LogP contribution < -0.4 is 5.69 Å². The van der Waals surface area contributed by atoms with E-state index in [0.717, 1.165) is 16.7 Å². The Morgan fingerprint density at radius 3 is 3.00 bits per heavy atom. The summed E-state index contributed by atoms with van der Waals surface area (Å²) < 4.78 is 0. The second-order valence-electron chi connectivity index (χ2n) is 3.47. The van der Waals surface area contributed by atoms with Crippen molar-refractivity contribution in [1.82, 2.24) is 15.0 Å². The van der Waals surface area contributed by atoms with E-state index in [1.165, 1.54) is 12.8 Å². The molecule has 66 valence electrons. The number of fused-ring (bicyclic) bond motifs is 1. The minimum atomic E-state index is -0.148. The number of aromatic amines is 2. The Kier molecular flexibility index (Phi) is 1.17. The van der Waals surface area contributed by atoms with Crippen molar-refractivity contribution in [2.24, 2.45) is 0 Å². The van der Waals surface area contributed by atoms with E-state index in [1.54, 1.807) is 6.20 Å². The number of rotatable bonds is 1. The van der Waals surface area contributed by atoms with E-state index in [4.69, 9.17) is 0 Å². The van der Waals surface area contributed by atoms with Gasteiger partial charge in [0, 0.05) is 12.1 Å². The molecule has 3 rings (SSSR count). The lowest BCUT2D eigenvalue weighted by Crippen LogP contribution is -1.99. The van der Waals surface area contributed by atoms with Crippen molar-refractivity contribution < 1.29 is 0 Å². The van der Waals surface area contributed by atoms with Crippen LogP contribution in [-0.2, 0) is 0 Å². The third-order valence-electron chi connectivity index (χ3n) is 2.43. The van der Waals surface area contributed by atoms with Crippen LogP contribution in [0.5, 0.6) is 0 Å². The normalized spacial score (nSPS) is 16.6. The maximum Gasteiger partial charge on any atom is 0.323 e. The van der Waals surface area contributed by atoms with Gasteiger partial charge in [-0.15, -0.1) is 0 Å². The van der Waals surface area contributed by atoms with Crippen LogP contribution in [-0.4, -0.2) is 15.0 Å². The highest BCUT2D eigenvalue weighted by Gasteiger charge is 2.27. The minimum absolute atomic E-state index is 0.148. The summed E-state index contributed by atoms with van der Waals surface area (Å²) in [5.41, 5.74) is 2.64. The summed E-state index contributed by atoms with van der Waals surface area (Å²) in [5, 5.41) is 0. The number of aromatic nitrogens is 3. The zero-order valence-corrected chi connectivity index (χ0v) is 7.00. The Hall–Kier alpha value is -1.58. The van der Waals surface area contributed by atoms with Gasteiger partial charge in [-0.2, -0.15) is 0 Å². The van der Waals surface area contributed by atoms with E-state index in [9.17, 15) is 4.79 Å². The van der Waals surface area contributed by atoms with Gasteiger partial charge in [-0.05, 0) is 18.9 Å². The summed E-state index contributed by atoms with van der Waals surface area (Å²) in [6, 6.07) is 1.82. The van der Waals surface area contributed by atoms with Crippen LogP contribution in [0.15, 0.2) is 17.1 Å². The van der Waals surface area contributed by atoms with Crippen LogP contribution in [0.25, 0.3) is 11.0 Å². The molecule has 4 nitrogen and oxygen atoms in total. The quantitative estimate of drug-likeness (QED) is 0.682. The molecule has 0 aromatic carbocycles. The molecule has 4 heteroatoms.